The Bertz CT molecular complexity index is 502. The van der Waals surface area contributed by atoms with E-state index in [1.807, 2.05) is 30.3 Å². The lowest BCUT2D eigenvalue weighted by atomic mass is 10.3. The van der Waals surface area contributed by atoms with E-state index < -0.39 is 0 Å². The molecule has 0 atom stereocenters. The van der Waals surface area contributed by atoms with Crippen molar-refractivity contribution in [2.24, 2.45) is 0 Å². The molecule has 0 saturated carbocycles. The normalized spacial score (nSPS) is 10.3. The van der Waals surface area contributed by atoms with Gasteiger partial charge < -0.3 is 13.9 Å². The first kappa shape index (κ1) is 13.6. The molecule has 2 rings (SSSR count). The lowest BCUT2D eigenvalue weighted by molar-refractivity contribution is -0.107. The van der Waals surface area contributed by atoms with Crippen LogP contribution in [0.4, 0.5) is 0 Å². The van der Waals surface area contributed by atoms with Gasteiger partial charge in [0.2, 0.25) is 5.89 Å². The number of para-hydroxylation sites is 1. The molecule has 0 aliphatic heterocycles. The van der Waals surface area contributed by atoms with Gasteiger partial charge in [-0.1, -0.05) is 30.0 Å². The Morgan fingerprint density at radius 2 is 2.11 bits per heavy atom. The number of aldehydes is 1. The van der Waals surface area contributed by atoms with Crippen molar-refractivity contribution in [3.8, 4) is 5.75 Å². The SMILES string of the molecule is O=CCCSc1nnc(CCOc2ccccc2)o1. The van der Waals surface area contributed by atoms with Crippen molar-refractivity contribution in [2.45, 2.75) is 18.1 Å². The number of carbonyl (C=O) groups is 1. The van der Waals surface area contributed by atoms with Crippen molar-refractivity contribution in [2.75, 3.05) is 12.4 Å². The van der Waals surface area contributed by atoms with E-state index in [-0.39, 0.29) is 0 Å². The molecule has 0 radical (unpaired) electrons. The second-order valence-electron chi connectivity index (χ2n) is 3.68. The van der Waals surface area contributed by atoms with Crippen molar-refractivity contribution in [3.63, 3.8) is 0 Å². The Kier molecular flexibility index (Phi) is 5.43. The van der Waals surface area contributed by atoms with Crippen molar-refractivity contribution >= 4 is 18.0 Å². The lowest BCUT2D eigenvalue weighted by Crippen LogP contribution is -2.01. The molecule has 0 aliphatic rings. The first-order valence-corrected chi connectivity index (χ1v) is 6.93. The minimum atomic E-state index is 0.486. The van der Waals surface area contributed by atoms with Crippen LogP contribution in [0, 0.1) is 0 Å². The third kappa shape index (κ3) is 4.75. The Labute approximate surface area is 115 Å². The predicted octanol–water partition coefficient (Wildman–Crippen LogP) is 2.37. The van der Waals surface area contributed by atoms with E-state index in [2.05, 4.69) is 10.2 Å². The maximum Gasteiger partial charge on any atom is 0.276 e. The van der Waals surface area contributed by atoms with Gasteiger partial charge in [-0.2, -0.15) is 0 Å². The van der Waals surface area contributed by atoms with Gasteiger partial charge in [-0.25, -0.2) is 0 Å². The fraction of sp³-hybridized carbons (Fsp3) is 0.308. The molecule has 0 N–H and O–H groups in total. The number of rotatable bonds is 8. The fourth-order valence-electron chi connectivity index (χ4n) is 1.36. The molecule has 1 aromatic carbocycles. The highest BCUT2D eigenvalue weighted by molar-refractivity contribution is 7.99. The number of aromatic nitrogens is 2. The highest BCUT2D eigenvalue weighted by Crippen LogP contribution is 2.17. The van der Waals surface area contributed by atoms with Crippen LogP contribution >= 0.6 is 11.8 Å². The molecule has 0 fully saturated rings. The quantitative estimate of drug-likeness (QED) is 0.419. The Hall–Kier alpha value is -1.82. The van der Waals surface area contributed by atoms with Crippen molar-refractivity contribution < 1.29 is 13.9 Å². The first-order valence-electron chi connectivity index (χ1n) is 5.95. The van der Waals surface area contributed by atoms with Crippen LogP contribution in [0.2, 0.25) is 0 Å². The summed E-state index contributed by atoms with van der Waals surface area (Å²) in [7, 11) is 0. The summed E-state index contributed by atoms with van der Waals surface area (Å²) < 4.78 is 10.9. The fourth-order valence-corrected chi connectivity index (χ4v) is 2.01. The van der Waals surface area contributed by atoms with Crippen LogP contribution in [-0.2, 0) is 11.2 Å². The van der Waals surface area contributed by atoms with Crippen LogP contribution in [0.15, 0.2) is 40.0 Å². The van der Waals surface area contributed by atoms with Crippen LogP contribution in [0.1, 0.15) is 12.3 Å². The van der Waals surface area contributed by atoms with E-state index >= 15 is 0 Å². The standard InChI is InChI=1S/C13H14N2O3S/c16-8-4-10-19-13-15-14-12(18-13)7-9-17-11-5-2-1-3-6-11/h1-3,5-6,8H,4,7,9-10H2. The van der Waals surface area contributed by atoms with E-state index in [9.17, 15) is 4.79 Å². The zero-order valence-corrected chi connectivity index (χ0v) is 11.1. The molecule has 0 saturated heterocycles. The number of ether oxygens (including phenoxy) is 1. The van der Waals surface area contributed by atoms with Crippen molar-refractivity contribution in [1.82, 2.24) is 10.2 Å². The largest absolute Gasteiger partial charge is 0.493 e. The summed E-state index contributed by atoms with van der Waals surface area (Å²) in [6, 6.07) is 9.57. The highest BCUT2D eigenvalue weighted by atomic mass is 32.2. The summed E-state index contributed by atoms with van der Waals surface area (Å²) in [5.41, 5.74) is 0. The van der Waals surface area contributed by atoms with Crippen LogP contribution < -0.4 is 4.74 Å². The maximum atomic E-state index is 10.2. The van der Waals surface area contributed by atoms with Gasteiger partial charge in [0.25, 0.3) is 5.22 Å². The molecule has 0 bridgehead atoms. The molecule has 0 amide bonds. The number of hydrogen-bond donors (Lipinski definition) is 0. The average Bonchev–Trinajstić information content (AvgIpc) is 2.88. The van der Waals surface area contributed by atoms with E-state index in [0.717, 1.165) is 12.0 Å². The number of carbonyl (C=O) groups excluding carboxylic acids is 1. The average molecular weight is 278 g/mol. The number of hydrogen-bond acceptors (Lipinski definition) is 6. The van der Waals surface area contributed by atoms with E-state index in [0.29, 0.717) is 36.3 Å². The van der Waals surface area contributed by atoms with Crippen molar-refractivity contribution in [3.05, 3.63) is 36.2 Å². The molecule has 1 heterocycles. The zero-order valence-electron chi connectivity index (χ0n) is 10.3. The summed E-state index contributed by atoms with van der Waals surface area (Å²) in [5, 5.41) is 8.31. The number of nitrogens with zero attached hydrogens (tertiary/aromatic N) is 2. The van der Waals surface area contributed by atoms with E-state index in [4.69, 9.17) is 9.15 Å². The lowest BCUT2D eigenvalue weighted by Gasteiger charge is -2.02. The molecule has 0 aliphatic carbocycles. The van der Waals surface area contributed by atoms with E-state index in [1.54, 1.807) is 0 Å². The van der Waals surface area contributed by atoms with E-state index in [1.165, 1.54) is 11.8 Å². The Balaban J connectivity index is 1.72. The van der Waals surface area contributed by atoms with Gasteiger partial charge in [0.15, 0.2) is 0 Å². The van der Waals surface area contributed by atoms with Gasteiger partial charge >= 0.3 is 0 Å². The smallest absolute Gasteiger partial charge is 0.276 e. The van der Waals surface area contributed by atoms with Crippen LogP contribution in [0.3, 0.4) is 0 Å². The predicted molar refractivity (Wildman–Crippen MR) is 71.3 cm³/mol. The minimum Gasteiger partial charge on any atom is -0.493 e. The monoisotopic (exact) mass is 278 g/mol. The van der Waals surface area contributed by atoms with Crippen LogP contribution in [-0.4, -0.2) is 28.8 Å². The summed E-state index contributed by atoms with van der Waals surface area (Å²) >= 11 is 1.38. The summed E-state index contributed by atoms with van der Waals surface area (Å²) in [6.45, 7) is 0.491. The van der Waals surface area contributed by atoms with Crippen LogP contribution in [0.25, 0.3) is 0 Å². The molecule has 19 heavy (non-hydrogen) atoms. The van der Waals surface area contributed by atoms with Crippen molar-refractivity contribution in [1.29, 1.82) is 0 Å². The highest BCUT2D eigenvalue weighted by Gasteiger charge is 2.06. The molecular weight excluding hydrogens is 264 g/mol. The number of thioether (sulfide) groups is 1. The minimum absolute atomic E-state index is 0.486. The molecule has 1 aromatic heterocycles. The van der Waals surface area contributed by atoms with Gasteiger partial charge in [-0.05, 0) is 12.1 Å². The summed E-state index contributed by atoms with van der Waals surface area (Å²) in [6.07, 6.45) is 1.92. The van der Waals surface area contributed by atoms with Crippen LogP contribution in [0.5, 0.6) is 5.75 Å². The third-order valence-corrected chi connectivity index (χ3v) is 3.09. The van der Waals surface area contributed by atoms with Gasteiger partial charge in [-0.3, -0.25) is 0 Å². The number of benzene rings is 1. The molecule has 2 aromatic rings. The Morgan fingerprint density at radius 3 is 2.89 bits per heavy atom. The molecule has 100 valence electrons. The summed E-state index contributed by atoms with van der Waals surface area (Å²) in [4.78, 5) is 10.2. The topological polar surface area (TPSA) is 65.2 Å². The Morgan fingerprint density at radius 1 is 1.26 bits per heavy atom. The molecule has 0 unspecified atom stereocenters. The molecular formula is C13H14N2O3S. The summed E-state index contributed by atoms with van der Waals surface area (Å²) in [5.74, 6) is 2.03. The maximum absolute atomic E-state index is 10.2. The second-order valence-corrected chi connectivity index (χ2v) is 4.72. The van der Waals surface area contributed by atoms with Gasteiger partial charge in [0.1, 0.15) is 12.0 Å². The first-order chi connectivity index (χ1) is 9.38. The van der Waals surface area contributed by atoms with Gasteiger partial charge in [0.05, 0.1) is 13.0 Å². The zero-order chi connectivity index (χ0) is 13.3. The van der Waals surface area contributed by atoms with Gasteiger partial charge in [0, 0.05) is 12.2 Å². The third-order valence-electron chi connectivity index (χ3n) is 2.24. The molecule has 6 heteroatoms. The second kappa shape index (κ2) is 7.58. The molecule has 0 spiro atoms. The van der Waals surface area contributed by atoms with Gasteiger partial charge in [-0.15, -0.1) is 10.2 Å². The molecule has 5 nitrogen and oxygen atoms in total.